The molecule has 3 nitrogen and oxygen atoms in total. The summed E-state index contributed by atoms with van der Waals surface area (Å²) in [5.74, 6) is -0.532. The van der Waals surface area contributed by atoms with Gasteiger partial charge >= 0.3 is 0 Å². The van der Waals surface area contributed by atoms with Crippen molar-refractivity contribution in [2.75, 3.05) is 13.2 Å². The Bertz CT molecular complexity index is 674. The van der Waals surface area contributed by atoms with E-state index in [0.29, 0.717) is 18.7 Å². The molecule has 0 N–H and O–H groups in total. The molecule has 1 saturated heterocycles. The normalized spacial score (nSPS) is 21.2. The number of benzene rings is 2. The number of morpholine rings is 1. The highest BCUT2D eigenvalue weighted by atomic mass is 19.1. The molecule has 0 spiro atoms. The first-order valence-corrected chi connectivity index (χ1v) is 7.85. The first-order chi connectivity index (χ1) is 11.1. The summed E-state index contributed by atoms with van der Waals surface area (Å²) in [5.41, 5.74) is 1.57. The first-order valence-electron chi connectivity index (χ1n) is 7.85. The van der Waals surface area contributed by atoms with E-state index >= 15 is 0 Å². The van der Waals surface area contributed by atoms with Gasteiger partial charge in [-0.2, -0.15) is 0 Å². The summed E-state index contributed by atoms with van der Waals surface area (Å²) >= 11 is 0. The second-order valence-corrected chi connectivity index (χ2v) is 5.96. The largest absolute Gasteiger partial charge is 0.374 e. The van der Waals surface area contributed by atoms with Crippen molar-refractivity contribution in [3.63, 3.8) is 0 Å². The minimum atomic E-state index is -0.391. The average Bonchev–Trinajstić information content (AvgIpc) is 2.57. The Balaban J connectivity index is 1.72. The van der Waals surface area contributed by atoms with Gasteiger partial charge in [0.05, 0.1) is 18.8 Å². The van der Waals surface area contributed by atoms with E-state index < -0.39 is 5.82 Å². The maximum atomic E-state index is 13.4. The second-order valence-electron chi connectivity index (χ2n) is 5.96. The lowest BCUT2D eigenvalue weighted by atomic mass is 10.0. The SMILES string of the molecule is CC1COC(Cc2ccccc2)CN1C(=O)c1cccc(F)c1. The summed E-state index contributed by atoms with van der Waals surface area (Å²) in [5, 5.41) is 0. The molecule has 2 aromatic rings. The van der Waals surface area contributed by atoms with E-state index in [0.717, 1.165) is 6.42 Å². The van der Waals surface area contributed by atoms with Crippen LogP contribution in [-0.2, 0) is 11.2 Å². The Morgan fingerprint density at radius 3 is 2.74 bits per heavy atom. The van der Waals surface area contributed by atoms with Crippen LogP contribution in [0.4, 0.5) is 4.39 Å². The number of hydrogen-bond donors (Lipinski definition) is 0. The molecular weight excluding hydrogens is 293 g/mol. The van der Waals surface area contributed by atoms with Crippen LogP contribution in [0.3, 0.4) is 0 Å². The molecule has 2 atom stereocenters. The fourth-order valence-electron chi connectivity index (χ4n) is 2.89. The standard InChI is InChI=1S/C19H20FNO2/c1-14-13-23-18(10-15-6-3-2-4-7-15)12-21(14)19(22)16-8-5-9-17(20)11-16/h2-9,11,14,18H,10,12-13H2,1H3. The molecule has 1 aliphatic rings. The summed E-state index contributed by atoms with van der Waals surface area (Å²) in [4.78, 5) is 14.4. The number of rotatable bonds is 3. The molecule has 120 valence electrons. The topological polar surface area (TPSA) is 29.5 Å². The van der Waals surface area contributed by atoms with Crippen LogP contribution in [0.25, 0.3) is 0 Å². The molecule has 3 rings (SSSR count). The average molecular weight is 313 g/mol. The van der Waals surface area contributed by atoms with E-state index in [4.69, 9.17) is 4.74 Å². The van der Waals surface area contributed by atoms with Crippen molar-refractivity contribution in [2.24, 2.45) is 0 Å². The number of nitrogens with zero attached hydrogens (tertiary/aromatic N) is 1. The molecule has 2 unspecified atom stereocenters. The van der Waals surface area contributed by atoms with Crippen molar-refractivity contribution in [3.8, 4) is 0 Å². The summed E-state index contributed by atoms with van der Waals surface area (Å²) in [6, 6.07) is 15.9. The lowest BCUT2D eigenvalue weighted by Crippen LogP contribution is -2.51. The molecule has 0 saturated carbocycles. The minimum Gasteiger partial charge on any atom is -0.374 e. The maximum absolute atomic E-state index is 13.4. The highest BCUT2D eigenvalue weighted by Gasteiger charge is 2.30. The van der Waals surface area contributed by atoms with Crippen LogP contribution in [0.5, 0.6) is 0 Å². The zero-order chi connectivity index (χ0) is 16.2. The number of hydrogen-bond acceptors (Lipinski definition) is 2. The molecule has 1 heterocycles. The number of halogens is 1. The summed E-state index contributed by atoms with van der Waals surface area (Å²) < 4.78 is 19.2. The minimum absolute atomic E-state index is 0.0159. The van der Waals surface area contributed by atoms with Crippen molar-refractivity contribution in [1.29, 1.82) is 0 Å². The van der Waals surface area contributed by atoms with Crippen LogP contribution in [0.2, 0.25) is 0 Å². The Morgan fingerprint density at radius 1 is 1.22 bits per heavy atom. The van der Waals surface area contributed by atoms with Gasteiger partial charge in [0.2, 0.25) is 0 Å². The van der Waals surface area contributed by atoms with E-state index in [2.05, 4.69) is 12.1 Å². The number of ether oxygens (including phenoxy) is 1. The lowest BCUT2D eigenvalue weighted by molar-refractivity contribution is -0.0464. The van der Waals surface area contributed by atoms with E-state index in [1.54, 1.807) is 17.0 Å². The lowest BCUT2D eigenvalue weighted by Gasteiger charge is -2.38. The molecule has 0 aromatic heterocycles. The van der Waals surface area contributed by atoms with Gasteiger partial charge < -0.3 is 9.64 Å². The molecular formula is C19H20FNO2. The Kier molecular flexibility index (Phi) is 4.72. The fourth-order valence-corrected chi connectivity index (χ4v) is 2.89. The van der Waals surface area contributed by atoms with Crippen LogP contribution in [0, 0.1) is 5.82 Å². The van der Waals surface area contributed by atoms with E-state index in [-0.39, 0.29) is 18.1 Å². The number of carbonyl (C=O) groups is 1. The Morgan fingerprint density at radius 2 is 2.00 bits per heavy atom. The predicted octanol–water partition coefficient (Wildman–Crippen LogP) is 3.30. The third-order valence-electron chi connectivity index (χ3n) is 4.14. The molecule has 0 aliphatic carbocycles. The third-order valence-corrected chi connectivity index (χ3v) is 4.14. The maximum Gasteiger partial charge on any atom is 0.254 e. The monoisotopic (exact) mass is 313 g/mol. The van der Waals surface area contributed by atoms with Gasteiger partial charge in [-0.1, -0.05) is 36.4 Å². The van der Waals surface area contributed by atoms with E-state index in [9.17, 15) is 9.18 Å². The van der Waals surface area contributed by atoms with Crippen LogP contribution < -0.4 is 0 Å². The van der Waals surface area contributed by atoms with Gasteiger partial charge in [-0.3, -0.25) is 4.79 Å². The Hall–Kier alpha value is -2.20. The molecule has 0 bridgehead atoms. The highest BCUT2D eigenvalue weighted by Crippen LogP contribution is 2.18. The zero-order valence-electron chi connectivity index (χ0n) is 13.1. The molecule has 2 aromatic carbocycles. The van der Waals surface area contributed by atoms with Gasteiger partial charge in [-0.25, -0.2) is 4.39 Å². The summed E-state index contributed by atoms with van der Waals surface area (Å²) in [7, 11) is 0. The third kappa shape index (κ3) is 3.77. The van der Waals surface area contributed by atoms with Crippen molar-refractivity contribution in [3.05, 3.63) is 71.5 Å². The van der Waals surface area contributed by atoms with E-state index in [1.165, 1.54) is 17.7 Å². The fraction of sp³-hybridized carbons (Fsp3) is 0.316. The van der Waals surface area contributed by atoms with Crippen LogP contribution in [0.1, 0.15) is 22.8 Å². The van der Waals surface area contributed by atoms with Crippen molar-refractivity contribution >= 4 is 5.91 Å². The Labute approximate surface area is 135 Å². The molecule has 1 aliphatic heterocycles. The molecule has 4 heteroatoms. The van der Waals surface area contributed by atoms with Gasteiger partial charge in [0.1, 0.15) is 5.82 Å². The smallest absolute Gasteiger partial charge is 0.254 e. The molecule has 1 fully saturated rings. The van der Waals surface area contributed by atoms with Gasteiger partial charge in [0.25, 0.3) is 5.91 Å². The van der Waals surface area contributed by atoms with Crippen LogP contribution in [-0.4, -0.2) is 36.1 Å². The predicted molar refractivity (Wildman–Crippen MR) is 86.8 cm³/mol. The number of amides is 1. The van der Waals surface area contributed by atoms with Crippen molar-refractivity contribution in [2.45, 2.75) is 25.5 Å². The number of carbonyl (C=O) groups excluding carboxylic acids is 1. The molecule has 0 radical (unpaired) electrons. The van der Waals surface area contributed by atoms with Gasteiger partial charge in [0, 0.05) is 18.5 Å². The first kappa shape index (κ1) is 15.7. The van der Waals surface area contributed by atoms with Crippen molar-refractivity contribution in [1.82, 2.24) is 4.90 Å². The second kappa shape index (κ2) is 6.92. The summed E-state index contributed by atoms with van der Waals surface area (Å²) in [6.45, 7) is 2.97. The van der Waals surface area contributed by atoms with Crippen LogP contribution in [0.15, 0.2) is 54.6 Å². The van der Waals surface area contributed by atoms with E-state index in [1.807, 2.05) is 25.1 Å². The van der Waals surface area contributed by atoms with Crippen molar-refractivity contribution < 1.29 is 13.9 Å². The molecule has 23 heavy (non-hydrogen) atoms. The molecule has 1 amide bonds. The quantitative estimate of drug-likeness (QED) is 0.870. The van der Waals surface area contributed by atoms with Crippen LogP contribution >= 0.6 is 0 Å². The summed E-state index contributed by atoms with van der Waals surface area (Å²) in [6.07, 6.45) is 0.728. The van der Waals surface area contributed by atoms with Gasteiger partial charge in [-0.05, 0) is 30.7 Å². The zero-order valence-corrected chi connectivity index (χ0v) is 13.1. The highest BCUT2D eigenvalue weighted by molar-refractivity contribution is 5.94. The van der Waals surface area contributed by atoms with Gasteiger partial charge in [0.15, 0.2) is 0 Å². The van der Waals surface area contributed by atoms with Gasteiger partial charge in [-0.15, -0.1) is 0 Å².